The molecule has 4 atom stereocenters. The van der Waals surface area contributed by atoms with E-state index in [1.165, 1.54) is 6.42 Å². The van der Waals surface area contributed by atoms with Gasteiger partial charge in [-0.25, -0.2) is 0 Å². The van der Waals surface area contributed by atoms with Crippen LogP contribution >= 0.6 is 0 Å². The van der Waals surface area contributed by atoms with Gasteiger partial charge in [0.15, 0.2) is 0 Å². The summed E-state index contributed by atoms with van der Waals surface area (Å²) in [7, 11) is 1.70. The molecule has 3 rings (SSSR count). The van der Waals surface area contributed by atoms with Gasteiger partial charge in [0.05, 0.1) is 13.2 Å². The minimum atomic E-state index is -0.263. The number of nitrogens with one attached hydrogen (secondary N) is 1. The van der Waals surface area contributed by atoms with Crippen LogP contribution in [-0.2, 0) is 6.54 Å². The van der Waals surface area contributed by atoms with E-state index in [0.29, 0.717) is 5.92 Å². The number of benzene rings is 1. The van der Waals surface area contributed by atoms with Crippen molar-refractivity contribution in [2.24, 2.45) is 16.7 Å². The van der Waals surface area contributed by atoms with Crippen LogP contribution in [0.2, 0.25) is 0 Å². The lowest BCUT2D eigenvalue weighted by atomic mass is 9.70. The second kappa shape index (κ2) is 4.99. The van der Waals surface area contributed by atoms with Crippen LogP contribution in [0.4, 0.5) is 0 Å². The largest absolute Gasteiger partial charge is 0.496 e. The Morgan fingerprint density at radius 2 is 2.00 bits per heavy atom. The summed E-state index contributed by atoms with van der Waals surface area (Å²) in [5.41, 5.74) is 1.39. The van der Waals surface area contributed by atoms with Gasteiger partial charge in [-0.15, -0.1) is 0 Å². The molecule has 2 N–H and O–H groups in total. The molecule has 0 saturated heterocycles. The number of hydrogen-bond donors (Lipinski definition) is 2. The molecule has 2 aliphatic rings. The zero-order chi connectivity index (χ0) is 15.3. The summed E-state index contributed by atoms with van der Waals surface area (Å²) < 4.78 is 5.41. The fraction of sp³-hybridized carbons (Fsp3) is 0.667. The summed E-state index contributed by atoms with van der Waals surface area (Å²) in [6, 6.07) is 8.27. The third kappa shape index (κ3) is 2.01. The first-order valence-corrected chi connectivity index (χ1v) is 7.95. The van der Waals surface area contributed by atoms with Crippen molar-refractivity contribution in [2.75, 3.05) is 7.11 Å². The molecule has 3 nitrogen and oxygen atoms in total. The van der Waals surface area contributed by atoms with E-state index < -0.39 is 0 Å². The Bertz CT molecular complexity index is 528. The lowest BCUT2D eigenvalue weighted by Crippen LogP contribution is -2.46. The zero-order valence-electron chi connectivity index (χ0n) is 13.5. The van der Waals surface area contributed by atoms with Gasteiger partial charge in [-0.1, -0.05) is 39.0 Å². The van der Waals surface area contributed by atoms with E-state index in [2.05, 4.69) is 32.2 Å². The van der Waals surface area contributed by atoms with E-state index in [9.17, 15) is 5.11 Å². The first-order chi connectivity index (χ1) is 9.91. The molecule has 1 aromatic carbocycles. The third-order valence-corrected chi connectivity index (χ3v) is 6.52. The topological polar surface area (TPSA) is 41.5 Å². The van der Waals surface area contributed by atoms with E-state index in [0.717, 1.165) is 24.3 Å². The number of hydrogen-bond acceptors (Lipinski definition) is 3. The minimum Gasteiger partial charge on any atom is -0.496 e. The lowest BCUT2D eigenvalue weighted by molar-refractivity contribution is -0.000202. The molecule has 0 unspecified atom stereocenters. The first kappa shape index (κ1) is 14.9. The Hall–Kier alpha value is -1.06. The van der Waals surface area contributed by atoms with Crippen molar-refractivity contribution < 1.29 is 9.84 Å². The summed E-state index contributed by atoms with van der Waals surface area (Å²) in [5.74, 6) is 1.46. The first-order valence-electron chi connectivity index (χ1n) is 7.95. The SMILES string of the molecule is COc1ccccc1CN[C@@H]1[C@H]2CC[C@@](C)([C@@H]1O)C2(C)C. The maximum absolute atomic E-state index is 10.8. The van der Waals surface area contributed by atoms with Crippen molar-refractivity contribution in [3.8, 4) is 5.75 Å². The zero-order valence-corrected chi connectivity index (χ0v) is 13.5. The molecule has 2 aliphatic carbocycles. The van der Waals surface area contributed by atoms with Gasteiger partial charge in [0.25, 0.3) is 0 Å². The van der Waals surface area contributed by atoms with E-state index in [-0.39, 0.29) is 23.0 Å². The normalized spacial score (nSPS) is 36.9. The number of fused-ring (bicyclic) bond motifs is 2. The monoisotopic (exact) mass is 289 g/mol. The second-order valence-corrected chi connectivity index (χ2v) is 7.45. The Balaban J connectivity index is 1.75. The molecule has 2 saturated carbocycles. The molecular weight excluding hydrogens is 262 g/mol. The summed E-state index contributed by atoms with van der Waals surface area (Å²) in [6.45, 7) is 7.63. The highest BCUT2D eigenvalue weighted by molar-refractivity contribution is 5.33. The van der Waals surface area contributed by atoms with Crippen LogP contribution in [0, 0.1) is 16.7 Å². The van der Waals surface area contributed by atoms with Gasteiger partial charge in [0.2, 0.25) is 0 Å². The fourth-order valence-corrected chi connectivity index (χ4v) is 4.67. The van der Waals surface area contributed by atoms with Crippen molar-refractivity contribution in [2.45, 2.75) is 52.3 Å². The van der Waals surface area contributed by atoms with Crippen molar-refractivity contribution in [3.63, 3.8) is 0 Å². The van der Waals surface area contributed by atoms with Crippen LogP contribution in [-0.4, -0.2) is 24.4 Å². The molecule has 2 fully saturated rings. The predicted octanol–water partition coefficient (Wildman–Crippen LogP) is 2.97. The van der Waals surface area contributed by atoms with Crippen LogP contribution in [0.15, 0.2) is 24.3 Å². The van der Waals surface area contributed by atoms with Gasteiger partial charge < -0.3 is 15.2 Å². The van der Waals surface area contributed by atoms with Gasteiger partial charge in [-0.05, 0) is 30.2 Å². The van der Waals surface area contributed by atoms with Gasteiger partial charge in [0.1, 0.15) is 5.75 Å². The second-order valence-electron chi connectivity index (χ2n) is 7.45. The predicted molar refractivity (Wildman–Crippen MR) is 84.2 cm³/mol. The van der Waals surface area contributed by atoms with E-state index in [4.69, 9.17) is 4.74 Å². The van der Waals surface area contributed by atoms with Crippen LogP contribution in [0.5, 0.6) is 5.75 Å². The van der Waals surface area contributed by atoms with Crippen LogP contribution in [0.3, 0.4) is 0 Å². The number of rotatable bonds is 4. The maximum Gasteiger partial charge on any atom is 0.123 e. The number of aliphatic hydroxyl groups excluding tert-OH is 1. The Morgan fingerprint density at radius 1 is 1.29 bits per heavy atom. The van der Waals surface area contributed by atoms with Crippen LogP contribution < -0.4 is 10.1 Å². The lowest BCUT2D eigenvalue weighted by Gasteiger charge is -2.37. The smallest absolute Gasteiger partial charge is 0.123 e. The Labute approximate surface area is 127 Å². The summed E-state index contributed by atoms with van der Waals surface area (Å²) in [4.78, 5) is 0. The molecule has 3 heteroatoms. The summed E-state index contributed by atoms with van der Waals surface area (Å²) in [5, 5.41) is 14.4. The molecule has 0 spiro atoms. The van der Waals surface area contributed by atoms with Crippen molar-refractivity contribution in [1.82, 2.24) is 5.32 Å². The van der Waals surface area contributed by atoms with Crippen LogP contribution in [0.25, 0.3) is 0 Å². The number of aliphatic hydroxyl groups is 1. The standard InChI is InChI=1S/C18H27NO2/c1-17(2)13-9-10-18(17,3)16(20)15(13)19-11-12-7-5-6-8-14(12)21-4/h5-8,13,15-16,19-20H,9-11H2,1-4H3/t13-,15-,16-,18+/m1/s1. The van der Waals surface area contributed by atoms with Gasteiger partial charge in [0, 0.05) is 23.6 Å². The van der Waals surface area contributed by atoms with E-state index in [1.807, 2.05) is 18.2 Å². The molecule has 21 heavy (non-hydrogen) atoms. The van der Waals surface area contributed by atoms with Crippen molar-refractivity contribution >= 4 is 0 Å². The van der Waals surface area contributed by atoms with E-state index >= 15 is 0 Å². The molecule has 0 radical (unpaired) electrons. The van der Waals surface area contributed by atoms with Gasteiger partial charge >= 0.3 is 0 Å². The molecule has 1 aromatic rings. The Kier molecular flexibility index (Phi) is 3.53. The third-order valence-electron chi connectivity index (χ3n) is 6.52. The fourth-order valence-electron chi connectivity index (χ4n) is 4.67. The number of ether oxygens (including phenoxy) is 1. The van der Waals surface area contributed by atoms with Gasteiger partial charge in [-0.3, -0.25) is 0 Å². The van der Waals surface area contributed by atoms with Gasteiger partial charge in [-0.2, -0.15) is 0 Å². The quantitative estimate of drug-likeness (QED) is 0.895. The molecule has 2 bridgehead atoms. The number of methoxy groups -OCH3 is 1. The summed E-state index contributed by atoms with van der Waals surface area (Å²) >= 11 is 0. The number of para-hydroxylation sites is 1. The molecule has 0 heterocycles. The highest BCUT2D eigenvalue weighted by Gasteiger charge is 2.65. The van der Waals surface area contributed by atoms with Crippen molar-refractivity contribution in [1.29, 1.82) is 0 Å². The van der Waals surface area contributed by atoms with Crippen LogP contribution in [0.1, 0.15) is 39.2 Å². The highest BCUT2D eigenvalue weighted by atomic mass is 16.5. The Morgan fingerprint density at radius 3 is 2.62 bits per heavy atom. The van der Waals surface area contributed by atoms with E-state index in [1.54, 1.807) is 7.11 Å². The average Bonchev–Trinajstić information content (AvgIpc) is 2.78. The molecule has 0 aliphatic heterocycles. The molecule has 116 valence electrons. The minimum absolute atomic E-state index is 0.0378. The molecule has 0 aromatic heterocycles. The summed E-state index contributed by atoms with van der Waals surface area (Å²) in [6.07, 6.45) is 2.09. The maximum atomic E-state index is 10.8. The highest BCUT2D eigenvalue weighted by Crippen LogP contribution is 2.65. The average molecular weight is 289 g/mol. The molecular formula is C18H27NO2. The molecule has 0 amide bonds. The van der Waals surface area contributed by atoms with Crippen molar-refractivity contribution in [3.05, 3.63) is 29.8 Å².